The number of ether oxygens (including phenoxy) is 3. The molecule has 14 heteroatoms. The van der Waals surface area contributed by atoms with Gasteiger partial charge in [-0.15, -0.1) is 0 Å². The van der Waals surface area contributed by atoms with Crippen LogP contribution in [0.25, 0.3) is 27.6 Å². The Morgan fingerprint density at radius 2 is 1.83 bits per heavy atom. The second-order valence-electron chi connectivity index (χ2n) is 11.8. The van der Waals surface area contributed by atoms with Gasteiger partial charge in [0.25, 0.3) is 11.1 Å². The van der Waals surface area contributed by atoms with Crippen LogP contribution >= 0.6 is 0 Å². The van der Waals surface area contributed by atoms with Gasteiger partial charge in [0.1, 0.15) is 29.4 Å². The van der Waals surface area contributed by atoms with Crippen molar-refractivity contribution in [1.29, 1.82) is 0 Å². The number of nitrogens with zero attached hydrogens (tertiary/aromatic N) is 5. The van der Waals surface area contributed by atoms with E-state index in [9.17, 15) is 18.8 Å². The number of piperidine rings is 1. The lowest BCUT2D eigenvalue weighted by Gasteiger charge is -2.33. The molecule has 0 saturated carbocycles. The lowest BCUT2D eigenvalue weighted by Crippen LogP contribution is -2.35. The van der Waals surface area contributed by atoms with Crippen molar-refractivity contribution in [3.63, 3.8) is 0 Å². The van der Waals surface area contributed by atoms with Crippen molar-refractivity contribution in [2.45, 2.75) is 38.4 Å². The highest BCUT2D eigenvalue weighted by Crippen LogP contribution is 2.30. The molecule has 7 rings (SSSR count). The summed E-state index contributed by atoms with van der Waals surface area (Å²) in [5.74, 6) is 0.724. The lowest BCUT2D eigenvalue weighted by atomic mass is 9.97. The fourth-order valence-corrected chi connectivity index (χ4v) is 6.20. The minimum absolute atomic E-state index is 0.0410. The van der Waals surface area contributed by atoms with Crippen LogP contribution in [-0.4, -0.2) is 68.3 Å². The van der Waals surface area contributed by atoms with Gasteiger partial charge < -0.3 is 24.1 Å². The number of rotatable bonds is 8. The molecule has 2 aliphatic rings. The van der Waals surface area contributed by atoms with Crippen LogP contribution in [0.2, 0.25) is 0 Å². The number of aryl methyl sites for hydroxylation is 1. The largest absolute Gasteiger partial charge is 0.493 e. The standard InChI is InChI=1S/C32H34FN7O6/c1-38-26-14-20(2-3-23(26)30(37-38)40-11-6-28(41)36-32(40)43)39-9-4-19(5-10-39)17-45-22-15-24(33)29-25(16-22)34-27(35-31(29)42)18-46-21-7-12-44-13-8-21/h2-3,6,11,14-16,19,21H,4-5,7-10,12-13,17-18H2,1H3,(H,34,35,42)(H,36,41,43). The molecular weight excluding hydrogens is 597 g/mol. The summed E-state index contributed by atoms with van der Waals surface area (Å²) in [6.45, 7) is 3.45. The number of halogens is 1. The molecule has 0 radical (unpaired) electrons. The molecule has 2 fully saturated rings. The molecule has 5 aromatic rings. The van der Waals surface area contributed by atoms with Crippen molar-refractivity contribution in [2.75, 3.05) is 37.8 Å². The van der Waals surface area contributed by atoms with Gasteiger partial charge in [0.2, 0.25) is 0 Å². The number of anilines is 1. The third-order valence-electron chi connectivity index (χ3n) is 8.74. The van der Waals surface area contributed by atoms with Crippen LogP contribution < -0.4 is 26.4 Å². The number of hydrogen-bond donors (Lipinski definition) is 2. The second-order valence-corrected chi connectivity index (χ2v) is 11.8. The van der Waals surface area contributed by atoms with Gasteiger partial charge in [-0.25, -0.2) is 14.2 Å². The van der Waals surface area contributed by atoms with Gasteiger partial charge in [0, 0.05) is 68.8 Å². The van der Waals surface area contributed by atoms with Crippen molar-refractivity contribution in [3.8, 4) is 11.6 Å². The van der Waals surface area contributed by atoms with Crippen molar-refractivity contribution in [2.24, 2.45) is 13.0 Å². The normalized spacial score (nSPS) is 16.4. The highest BCUT2D eigenvalue weighted by Gasteiger charge is 2.22. The molecule has 0 unspecified atom stereocenters. The van der Waals surface area contributed by atoms with Gasteiger partial charge in [0.15, 0.2) is 5.82 Å². The van der Waals surface area contributed by atoms with Gasteiger partial charge in [-0.2, -0.15) is 5.10 Å². The molecular formula is C32H34FN7O6. The number of H-pyrrole nitrogens is 2. The number of fused-ring (bicyclic) bond motifs is 2. The lowest BCUT2D eigenvalue weighted by molar-refractivity contribution is -0.0408. The molecule has 0 amide bonds. The van der Waals surface area contributed by atoms with Gasteiger partial charge in [-0.05, 0) is 49.8 Å². The van der Waals surface area contributed by atoms with Crippen LogP contribution in [0.15, 0.2) is 57.0 Å². The first-order valence-corrected chi connectivity index (χ1v) is 15.4. The van der Waals surface area contributed by atoms with Crippen LogP contribution in [0.4, 0.5) is 10.1 Å². The molecule has 2 aliphatic heterocycles. The highest BCUT2D eigenvalue weighted by molar-refractivity contribution is 5.89. The monoisotopic (exact) mass is 631 g/mol. The Kier molecular flexibility index (Phi) is 8.13. The van der Waals surface area contributed by atoms with E-state index >= 15 is 0 Å². The van der Waals surface area contributed by atoms with Crippen LogP contribution in [-0.2, 0) is 23.1 Å². The van der Waals surface area contributed by atoms with Crippen LogP contribution in [0.5, 0.6) is 5.75 Å². The average molecular weight is 632 g/mol. The van der Waals surface area contributed by atoms with E-state index in [1.54, 1.807) is 10.7 Å². The summed E-state index contributed by atoms with van der Waals surface area (Å²) in [5, 5.41) is 5.22. The van der Waals surface area contributed by atoms with E-state index in [0.29, 0.717) is 37.2 Å². The van der Waals surface area contributed by atoms with Crippen molar-refractivity contribution >= 4 is 27.5 Å². The molecule has 2 N–H and O–H groups in total. The van der Waals surface area contributed by atoms with E-state index in [2.05, 4.69) is 31.0 Å². The first-order chi connectivity index (χ1) is 22.3. The fourth-order valence-electron chi connectivity index (χ4n) is 6.20. The molecule has 2 saturated heterocycles. The predicted molar refractivity (Wildman–Crippen MR) is 168 cm³/mol. The summed E-state index contributed by atoms with van der Waals surface area (Å²) in [4.78, 5) is 48.1. The average Bonchev–Trinajstić information content (AvgIpc) is 3.38. The molecule has 5 heterocycles. The zero-order valence-electron chi connectivity index (χ0n) is 25.3. The quantitative estimate of drug-likeness (QED) is 0.264. The number of aromatic amines is 2. The number of benzene rings is 2. The summed E-state index contributed by atoms with van der Waals surface area (Å²) < 4.78 is 35.3. The van der Waals surface area contributed by atoms with E-state index in [1.165, 1.54) is 22.9 Å². The van der Waals surface area contributed by atoms with E-state index in [0.717, 1.165) is 55.4 Å². The summed E-state index contributed by atoms with van der Waals surface area (Å²) in [6.07, 6.45) is 4.79. The molecule has 0 aliphatic carbocycles. The Labute approximate surface area is 261 Å². The smallest absolute Gasteiger partial charge is 0.334 e. The van der Waals surface area contributed by atoms with Crippen molar-refractivity contribution in [1.82, 2.24) is 29.3 Å². The van der Waals surface area contributed by atoms with E-state index in [-0.39, 0.29) is 29.5 Å². The second kappa shape index (κ2) is 12.5. The van der Waals surface area contributed by atoms with E-state index < -0.39 is 22.6 Å². The Bertz CT molecular complexity index is 2070. The Morgan fingerprint density at radius 3 is 2.61 bits per heavy atom. The topological polar surface area (TPSA) is 149 Å². The third kappa shape index (κ3) is 6.05. The maximum atomic E-state index is 15.0. The summed E-state index contributed by atoms with van der Waals surface area (Å²) >= 11 is 0. The fraction of sp³-hybridized carbons (Fsp3) is 0.406. The van der Waals surface area contributed by atoms with Gasteiger partial charge in [-0.3, -0.25) is 23.8 Å². The molecule has 240 valence electrons. The van der Waals surface area contributed by atoms with Gasteiger partial charge >= 0.3 is 5.69 Å². The van der Waals surface area contributed by atoms with Crippen LogP contribution in [0, 0.1) is 11.7 Å². The van der Waals surface area contributed by atoms with Crippen molar-refractivity contribution in [3.05, 3.63) is 85.4 Å². The Morgan fingerprint density at radius 1 is 1.02 bits per heavy atom. The molecule has 0 spiro atoms. The number of nitrogens with one attached hydrogen (secondary N) is 2. The van der Waals surface area contributed by atoms with Crippen LogP contribution in [0.1, 0.15) is 31.5 Å². The summed E-state index contributed by atoms with van der Waals surface area (Å²) in [7, 11) is 1.82. The molecule has 2 aromatic carbocycles. The predicted octanol–water partition coefficient (Wildman–Crippen LogP) is 2.78. The first-order valence-electron chi connectivity index (χ1n) is 15.4. The zero-order chi connectivity index (χ0) is 31.8. The minimum Gasteiger partial charge on any atom is -0.493 e. The van der Waals surface area contributed by atoms with Crippen LogP contribution in [0.3, 0.4) is 0 Å². The molecule has 46 heavy (non-hydrogen) atoms. The van der Waals surface area contributed by atoms with Crippen molar-refractivity contribution < 1.29 is 18.6 Å². The summed E-state index contributed by atoms with van der Waals surface area (Å²) in [5.41, 5.74) is 0.588. The molecule has 3 aromatic heterocycles. The van der Waals surface area contributed by atoms with Gasteiger partial charge in [-0.1, -0.05) is 0 Å². The maximum Gasteiger partial charge on any atom is 0.334 e. The maximum absolute atomic E-state index is 15.0. The number of aromatic nitrogens is 6. The minimum atomic E-state index is -0.674. The van der Waals surface area contributed by atoms with Gasteiger partial charge in [0.05, 0.1) is 23.7 Å². The SMILES string of the molecule is Cn1nc(-n2ccc(=O)[nH]c2=O)c2ccc(N3CCC(COc4cc(F)c5c(=O)[nH]c(COC6CCOCC6)nc5c4)CC3)cc21. The zero-order valence-corrected chi connectivity index (χ0v) is 25.3. The Hall–Kier alpha value is -4.82. The third-order valence-corrected chi connectivity index (χ3v) is 8.74. The molecule has 0 atom stereocenters. The molecule has 0 bridgehead atoms. The molecule has 13 nitrogen and oxygen atoms in total. The summed E-state index contributed by atoms with van der Waals surface area (Å²) in [6, 6.07) is 10.1. The highest BCUT2D eigenvalue weighted by atomic mass is 19.1. The van der Waals surface area contributed by atoms with E-state index in [4.69, 9.17) is 14.2 Å². The van der Waals surface area contributed by atoms with E-state index in [1.807, 2.05) is 19.2 Å². The first kappa shape index (κ1) is 29.9. The Balaban J connectivity index is 0.991. The number of hydrogen-bond acceptors (Lipinski definition) is 9.